The Labute approximate surface area is 175 Å². The summed E-state index contributed by atoms with van der Waals surface area (Å²) in [5.41, 5.74) is 2.44. The van der Waals surface area contributed by atoms with Crippen LogP contribution in [0.4, 0.5) is 5.69 Å². The molecule has 1 aliphatic carbocycles. The topological polar surface area (TPSA) is 79.7 Å². The number of hydrogen-bond donors (Lipinski definition) is 2. The summed E-state index contributed by atoms with van der Waals surface area (Å²) in [6.45, 7) is 11.0. The highest BCUT2D eigenvalue weighted by Gasteiger charge is 2.31. The second-order valence-electron chi connectivity index (χ2n) is 8.52. The lowest BCUT2D eigenvalue weighted by Gasteiger charge is -2.36. The van der Waals surface area contributed by atoms with Gasteiger partial charge in [-0.15, -0.1) is 0 Å². The normalized spacial score (nSPS) is 19.4. The van der Waals surface area contributed by atoms with Crippen molar-refractivity contribution in [2.24, 2.45) is 5.92 Å². The number of benzene rings is 1. The molecule has 4 rings (SSSR count). The number of fused-ring (bicyclic) bond motifs is 1. The lowest BCUT2D eigenvalue weighted by molar-refractivity contribution is -0.00257. The van der Waals surface area contributed by atoms with Gasteiger partial charge in [0.1, 0.15) is 5.58 Å². The standard InChI is InChI=1S/C24H25N3O3/c1-24(2,29)17-8-10-18(11-9-17)27-23(28)16-6-4-15(5-7-16)21-19-12-13-30-22(19)20(25-3)14-26-21/h4-7,12-14,17-18,29H,8-11H2,1-2H3,(H,27,28). The van der Waals surface area contributed by atoms with Gasteiger partial charge in [0.05, 0.1) is 24.1 Å². The number of aliphatic hydroxyl groups is 1. The molecule has 154 valence electrons. The average Bonchev–Trinajstić information content (AvgIpc) is 3.23. The van der Waals surface area contributed by atoms with Gasteiger partial charge in [-0.1, -0.05) is 12.1 Å². The molecule has 2 heterocycles. The summed E-state index contributed by atoms with van der Waals surface area (Å²) in [5.74, 6) is 0.199. The Hall–Kier alpha value is -3.17. The lowest BCUT2D eigenvalue weighted by Crippen LogP contribution is -2.41. The van der Waals surface area contributed by atoms with Crippen LogP contribution < -0.4 is 5.32 Å². The summed E-state index contributed by atoms with van der Waals surface area (Å²) in [6.07, 6.45) is 6.67. The maximum Gasteiger partial charge on any atom is 0.251 e. The molecule has 0 bridgehead atoms. The average molecular weight is 403 g/mol. The Bertz CT molecular complexity index is 1100. The van der Waals surface area contributed by atoms with Crippen LogP contribution in [0.25, 0.3) is 27.1 Å². The van der Waals surface area contributed by atoms with E-state index in [-0.39, 0.29) is 17.9 Å². The van der Waals surface area contributed by atoms with Crippen molar-refractivity contribution < 1.29 is 14.3 Å². The monoisotopic (exact) mass is 403 g/mol. The number of furan rings is 1. The van der Waals surface area contributed by atoms with E-state index in [4.69, 9.17) is 11.0 Å². The highest BCUT2D eigenvalue weighted by Crippen LogP contribution is 2.34. The van der Waals surface area contributed by atoms with Gasteiger partial charge < -0.3 is 14.8 Å². The third kappa shape index (κ3) is 3.94. The van der Waals surface area contributed by atoms with Crippen LogP contribution >= 0.6 is 0 Å². The maximum absolute atomic E-state index is 12.7. The van der Waals surface area contributed by atoms with Crippen molar-refractivity contribution in [2.45, 2.75) is 51.2 Å². The molecule has 1 aromatic carbocycles. The Morgan fingerprint density at radius 1 is 1.20 bits per heavy atom. The van der Waals surface area contributed by atoms with Crippen LogP contribution in [0.15, 0.2) is 47.2 Å². The smallest absolute Gasteiger partial charge is 0.251 e. The van der Waals surface area contributed by atoms with E-state index >= 15 is 0 Å². The van der Waals surface area contributed by atoms with Gasteiger partial charge in [0.15, 0.2) is 0 Å². The minimum atomic E-state index is -0.661. The SMILES string of the molecule is [C-]#[N+]c1cnc(-c2ccc(C(=O)NC3CCC(C(C)(C)O)CC3)cc2)c2ccoc12. The molecular weight excluding hydrogens is 378 g/mol. The number of nitrogens with zero attached hydrogens (tertiary/aromatic N) is 2. The number of rotatable bonds is 4. The number of amides is 1. The molecule has 1 saturated carbocycles. The Balaban J connectivity index is 1.45. The summed E-state index contributed by atoms with van der Waals surface area (Å²) in [6, 6.07) is 9.27. The van der Waals surface area contributed by atoms with Crippen molar-refractivity contribution in [1.29, 1.82) is 0 Å². The van der Waals surface area contributed by atoms with Gasteiger partial charge in [-0.05, 0) is 63.6 Å². The van der Waals surface area contributed by atoms with Crippen LogP contribution in [-0.4, -0.2) is 27.6 Å². The molecule has 30 heavy (non-hydrogen) atoms. The van der Waals surface area contributed by atoms with E-state index in [0.29, 0.717) is 16.8 Å². The van der Waals surface area contributed by atoms with E-state index in [1.165, 1.54) is 6.20 Å². The Morgan fingerprint density at radius 3 is 2.53 bits per heavy atom. The van der Waals surface area contributed by atoms with Gasteiger partial charge in [0, 0.05) is 28.8 Å². The molecule has 1 fully saturated rings. The maximum atomic E-state index is 12.7. The summed E-state index contributed by atoms with van der Waals surface area (Å²) < 4.78 is 5.44. The van der Waals surface area contributed by atoms with E-state index in [1.807, 2.05) is 26.0 Å². The molecule has 2 aromatic heterocycles. The number of carbonyl (C=O) groups excluding carboxylic acids is 1. The van der Waals surface area contributed by atoms with Crippen molar-refractivity contribution in [3.8, 4) is 11.3 Å². The fraction of sp³-hybridized carbons (Fsp3) is 0.375. The zero-order chi connectivity index (χ0) is 21.3. The van der Waals surface area contributed by atoms with E-state index < -0.39 is 5.60 Å². The number of aromatic nitrogens is 1. The van der Waals surface area contributed by atoms with Gasteiger partial charge >= 0.3 is 0 Å². The minimum absolute atomic E-state index is 0.0852. The van der Waals surface area contributed by atoms with Crippen LogP contribution in [0.5, 0.6) is 0 Å². The summed E-state index contributed by atoms with van der Waals surface area (Å²) in [7, 11) is 0. The molecule has 1 amide bonds. The molecule has 0 spiro atoms. The highest BCUT2D eigenvalue weighted by molar-refractivity contribution is 5.99. The molecule has 1 aliphatic rings. The number of nitrogens with one attached hydrogen (secondary N) is 1. The second kappa shape index (κ2) is 7.92. The quantitative estimate of drug-likeness (QED) is 0.594. The number of pyridine rings is 1. The van der Waals surface area contributed by atoms with E-state index in [0.717, 1.165) is 42.3 Å². The molecule has 2 N–H and O–H groups in total. The van der Waals surface area contributed by atoms with Gasteiger partial charge in [-0.3, -0.25) is 9.78 Å². The first-order valence-electron chi connectivity index (χ1n) is 10.2. The summed E-state index contributed by atoms with van der Waals surface area (Å²) >= 11 is 0. The number of carbonyl (C=O) groups is 1. The highest BCUT2D eigenvalue weighted by atomic mass is 16.3. The molecule has 0 radical (unpaired) electrons. The first-order chi connectivity index (χ1) is 14.4. The first-order valence-corrected chi connectivity index (χ1v) is 10.2. The van der Waals surface area contributed by atoms with E-state index in [9.17, 15) is 9.90 Å². The van der Waals surface area contributed by atoms with Crippen LogP contribution in [0.2, 0.25) is 0 Å². The molecular formula is C24H25N3O3. The van der Waals surface area contributed by atoms with Crippen LogP contribution in [-0.2, 0) is 0 Å². The predicted molar refractivity (Wildman–Crippen MR) is 115 cm³/mol. The third-order valence-corrected chi connectivity index (χ3v) is 6.07. The zero-order valence-electron chi connectivity index (χ0n) is 17.2. The van der Waals surface area contributed by atoms with E-state index in [1.54, 1.807) is 24.5 Å². The van der Waals surface area contributed by atoms with Gasteiger partial charge in [0.25, 0.3) is 5.91 Å². The Kier molecular flexibility index (Phi) is 5.31. The van der Waals surface area contributed by atoms with Crippen molar-refractivity contribution in [3.05, 3.63) is 59.8 Å². The van der Waals surface area contributed by atoms with Crippen molar-refractivity contribution in [2.75, 3.05) is 0 Å². The molecule has 0 atom stereocenters. The van der Waals surface area contributed by atoms with Crippen LogP contribution in [0.3, 0.4) is 0 Å². The molecule has 3 aromatic rings. The molecule has 0 unspecified atom stereocenters. The molecule has 0 saturated heterocycles. The van der Waals surface area contributed by atoms with Crippen molar-refractivity contribution in [1.82, 2.24) is 10.3 Å². The fourth-order valence-corrected chi connectivity index (χ4v) is 4.25. The van der Waals surface area contributed by atoms with Gasteiger partial charge in [-0.2, -0.15) is 0 Å². The van der Waals surface area contributed by atoms with Crippen LogP contribution in [0.1, 0.15) is 49.9 Å². The van der Waals surface area contributed by atoms with Gasteiger partial charge in [0.2, 0.25) is 5.69 Å². The minimum Gasteiger partial charge on any atom is -0.475 e. The molecule has 6 heteroatoms. The first kappa shape index (κ1) is 20.1. The second-order valence-corrected chi connectivity index (χ2v) is 8.52. The summed E-state index contributed by atoms with van der Waals surface area (Å²) in [4.78, 5) is 20.5. The third-order valence-electron chi connectivity index (χ3n) is 6.07. The summed E-state index contributed by atoms with van der Waals surface area (Å²) in [5, 5.41) is 14.1. The Morgan fingerprint density at radius 2 is 1.90 bits per heavy atom. The molecule has 6 nitrogen and oxygen atoms in total. The zero-order valence-corrected chi connectivity index (χ0v) is 17.2. The van der Waals surface area contributed by atoms with Crippen molar-refractivity contribution >= 4 is 22.6 Å². The van der Waals surface area contributed by atoms with Crippen LogP contribution in [0, 0.1) is 12.5 Å². The number of hydrogen-bond acceptors (Lipinski definition) is 4. The van der Waals surface area contributed by atoms with E-state index in [2.05, 4.69) is 15.1 Å². The van der Waals surface area contributed by atoms with Gasteiger partial charge in [-0.25, -0.2) is 4.85 Å². The molecule has 0 aliphatic heterocycles. The lowest BCUT2D eigenvalue weighted by atomic mass is 9.77. The largest absolute Gasteiger partial charge is 0.475 e. The predicted octanol–water partition coefficient (Wildman–Crippen LogP) is 5.11. The van der Waals surface area contributed by atoms with Crippen molar-refractivity contribution in [3.63, 3.8) is 0 Å². The fourth-order valence-electron chi connectivity index (χ4n) is 4.25.